The van der Waals surface area contributed by atoms with Crippen LogP contribution < -0.4 is 5.73 Å². The van der Waals surface area contributed by atoms with Crippen LogP contribution in [-0.4, -0.2) is 25.8 Å². The zero-order valence-electron chi connectivity index (χ0n) is 10.9. The predicted molar refractivity (Wildman–Crippen MR) is 72.7 cm³/mol. The summed E-state index contributed by atoms with van der Waals surface area (Å²) >= 11 is 0. The first-order chi connectivity index (χ1) is 8.39. The second-order valence-corrected chi connectivity index (χ2v) is 7.10. The number of nitrogens with two attached hydrogens (primary N) is 1. The molecule has 0 saturated carbocycles. The maximum atomic E-state index is 12.5. The van der Waals surface area contributed by atoms with E-state index < -0.39 is 10.0 Å². The first-order valence-electron chi connectivity index (χ1n) is 6.27. The fraction of sp³-hybridized carbons (Fsp3) is 0.538. The molecular weight excluding hydrogens is 248 g/mol. The number of nitrogen functional groups attached to an aromatic ring is 1. The number of anilines is 1. The Bertz CT molecular complexity index is 512. The molecule has 0 aromatic heterocycles. The molecular formula is C13H20N2O2S. The Labute approximate surface area is 109 Å². The van der Waals surface area contributed by atoms with Crippen LogP contribution in [0.5, 0.6) is 0 Å². The van der Waals surface area contributed by atoms with E-state index >= 15 is 0 Å². The van der Waals surface area contributed by atoms with Gasteiger partial charge in [0.25, 0.3) is 0 Å². The highest BCUT2D eigenvalue weighted by atomic mass is 32.2. The van der Waals surface area contributed by atoms with E-state index in [-0.39, 0.29) is 0 Å². The molecule has 1 aliphatic rings. The summed E-state index contributed by atoms with van der Waals surface area (Å²) in [7, 11) is -3.38. The predicted octanol–water partition coefficient (Wildman–Crippen LogP) is 2.00. The first-order valence-corrected chi connectivity index (χ1v) is 7.71. The summed E-state index contributed by atoms with van der Waals surface area (Å²) in [6.45, 7) is 5.23. The molecule has 0 spiro atoms. The van der Waals surface area contributed by atoms with Crippen molar-refractivity contribution in [2.45, 2.75) is 31.6 Å². The number of rotatable bonds is 2. The molecule has 1 heterocycles. The van der Waals surface area contributed by atoms with Crippen molar-refractivity contribution in [3.8, 4) is 0 Å². The Hall–Kier alpha value is -1.07. The Morgan fingerprint density at radius 2 is 1.83 bits per heavy atom. The molecule has 1 aromatic carbocycles. The van der Waals surface area contributed by atoms with Crippen molar-refractivity contribution in [2.24, 2.45) is 5.92 Å². The van der Waals surface area contributed by atoms with Gasteiger partial charge in [0, 0.05) is 18.8 Å². The summed E-state index contributed by atoms with van der Waals surface area (Å²) in [5, 5.41) is 0. The number of sulfonamides is 1. The molecule has 18 heavy (non-hydrogen) atoms. The molecule has 100 valence electrons. The largest absolute Gasteiger partial charge is 0.399 e. The molecule has 0 radical (unpaired) electrons. The van der Waals surface area contributed by atoms with Gasteiger partial charge in [-0.1, -0.05) is 6.92 Å². The second kappa shape index (κ2) is 4.90. The zero-order chi connectivity index (χ0) is 13.3. The van der Waals surface area contributed by atoms with Crippen LogP contribution in [0.2, 0.25) is 0 Å². The Morgan fingerprint density at radius 1 is 1.22 bits per heavy atom. The first kappa shape index (κ1) is 13.4. The topological polar surface area (TPSA) is 63.4 Å². The molecule has 1 fully saturated rings. The number of hydrogen-bond donors (Lipinski definition) is 1. The van der Waals surface area contributed by atoms with E-state index in [4.69, 9.17) is 5.73 Å². The lowest BCUT2D eigenvalue weighted by Crippen LogP contribution is -2.37. The van der Waals surface area contributed by atoms with Gasteiger partial charge in [-0.3, -0.25) is 0 Å². The third-order valence-electron chi connectivity index (χ3n) is 3.45. The molecule has 0 atom stereocenters. The van der Waals surface area contributed by atoms with Crippen molar-refractivity contribution in [1.82, 2.24) is 4.31 Å². The molecule has 1 aliphatic heterocycles. The van der Waals surface area contributed by atoms with E-state index in [1.54, 1.807) is 22.5 Å². The van der Waals surface area contributed by atoms with Crippen molar-refractivity contribution in [2.75, 3.05) is 18.8 Å². The van der Waals surface area contributed by atoms with Crippen LogP contribution in [0.3, 0.4) is 0 Å². The zero-order valence-corrected chi connectivity index (χ0v) is 11.7. The average molecular weight is 268 g/mol. The van der Waals surface area contributed by atoms with Gasteiger partial charge in [-0.25, -0.2) is 8.42 Å². The highest BCUT2D eigenvalue weighted by molar-refractivity contribution is 7.89. The van der Waals surface area contributed by atoms with Crippen LogP contribution in [0.1, 0.15) is 25.3 Å². The molecule has 1 saturated heterocycles. The van der Waals surface area contributed by atoms with Crippen LogP contribution >= 0.6 is 0 Å². The van der Waals surface area contributed by atoms with E-state index in [0.717, 1.165) is 18.4 Å². The van der Waals surface area contributed by atoms with Crippen molar-refractivity contribution in [3.05, 3.63) is 23.8 Å². The van der Waals surface area contributed by atoms with Gasteiger partial charge in [-0.2, -0.15) is 4.31 Å². The summed E-state index contributed by atoms with van der Waals surface area (Å²) in [5.41, 5.74) is 7.10. The Balaban J connectivity index is 2.30. The fourth-order valence-electron chi connectivity index (χ4n) is 2.30. The highest BCUT2D eigenvalue weighted by Crippen LogP contribution is 2.25. The molecule has 1 aromatic rings. The Kier molecular flexibility index (Phi) is 3.64. The molecule has 0 unspecified atom stereocenters. The highest BCUT2D eigenvalue weighted by Gasteiger charge is 2.28. The fourth-order valence-corrected chi connectivity index (χ4v) is 3.91. The van der Waals surface area contributed by atoms with Crippen molar-refractivity contribution in [1.29, 1.82) is 0 Å². The third-order valence-corrected chi connectivity index (χ3v) is 5.33. The molecule has 2 N–H and O–H groups in total. The van der Waals surface area contributed by atoms with Crippen LogP contribution in [0.25, 0.3) is 0 Å². The summed E-state index contributed by atoms with van der Waals surface area (Å²) < 4.78 is 26.5. The van der Waals surface area contributed by atoms with Crippen LogP contribution in [0.15, 0.2) is 23.1 Å². The van der Waals surface area contributed by atoms with Gasteiger partial charge in [0.15, 0.2) is 0 Å². The Morgan fingerprint density at radius 3 is 2.39 bits per heavy atom. The van der Waals surface area contributed by atoms with Crippen LogP contribution in [-0.2, 0) is 10.0 Å². The minimum atomic E-state index is -3.38. The summed E-state index contributed by atoms with van der Waals surface area (Å²) in [5.74, 6) is 0.610. The number of piperidine rings is 1. The molecule has 0 amide bonds. The van der Waals surface area contributed by atoms with Crippen molar-refractivity contribution < 1.29 is 8.42 Å². The summed E-state index contributed by atoms with van der Waals surface area (Å²) in [4.78, 5) is 0.314. The van der Waals surface area contributed by atoms with Gasteiger partial charge in [-0.15, -0.1) is 0 Å². The van der Waals surface area contributed by atoms with Gasteiger partial charge in [-0.05, 0) is 49.4 Å². The normalized spacial score (nSPS) is 19.0. The maximum Gasteiger partial charge on any atom is 0.243 e. The van der Waals surface area contributed by atoms with Gasteiger partial charge in [0.1, 0.15) is 0 Å². The van der Waals surface area contributed by atoms with E-state index in [1.807, 2.05) is 6.92 Å². The second-order valence-electron chi connectivity index (χ2n) is 5.17. The summed E-state index contributed by atoms with van der Waals surface area (Å²) in [6, 6.07) is 5.00. The number of hydrogen-bond acceptors (Lipinski definition) is 3. The van der Waals surface area contributed by atoms with E-state index in [0.29, 0.717) is 29.6 Å². The minimum Gasteiger partial charge on any atom is -0.399 e. The number of benzene rings is 1. The van der Waals surface area contributed by atoms with Gasteiger partial charge < -0.3 is 5.73 Å². The van der Waals surface area contributed by atoms with Crippen LogP contribution in [0.4, 0.5) is 5.69 Å². The van der Waals surface area contributed by atoms with Gasteiger partial charge >= 0.3 is 0 Å². The minimum absolute atomic E-state index is 0.314. The summed E-state index contributed by atoms with van der Waals surface area (Å²) in [6.07, 6.45) is 1.86. The standard InChI is InChI=1S/C13H20N2O2S/c1-10-3-5-15(6-4-10)18(16,17)13-8-11(2)7-12(14)9-13/h7-10H,3-6,14H2,1-2H3. The van der Waals surface area contributed by atoms with E-state index in [9.17, 15) is 8.42 Å². The molecule has 2 rings (SSSR count). The lowest BCUT2D eigenvalue weighted by Gasteiger charge is -2.29. The molecule has 4 nitrogen and oxygen atoms in total. The molecule has 0 bridgehead atoms. The van der Waals surface area contributed by atoms with Crippen molar-refractivity contribution >= 4 is 15.7 Å². The van der Waals surface area contributed by atoms with Gasteiger partial charge in [0.05, 0.1) is 4.90 Å². The monoisotopic (exact) mass is 268 g/mol. The molecule has 5 heteroatoms. The maximum absolute atomic E-state index is 12.5. The van der Waals surface area contributed by atoms with Crippen LogP contribution in [0, 0.1) is 12.8 Å². The lowest BCUT2D eigenvalue weighted by molar-refractivity contribution is 0.288. The third kappa shape index (κ3) is 2.67. The van der Waals surface area contributed by atoms with E-state index in [2.05, 4.69) is 6.92 Å². The average Bonchev–Trinajstić information content (AvgIpc) is 2.28. The van der Waals surface area contributed by atoms with Gasteiger partial charge in [0.2, 0.25) is 10.0 Å². The SMILES string of the molecule is Cc1cc(N)cc(S(=O)(=O)N2CCC(C)CC2)c1. The van der Waals surface area contributed by atoms with E-state index in [1.165, 1.54) is 0 Å². The number of nitrogens with zero attached hydrogens (tertiary/aromatic N) is 1. The smallest absolute Gasteiger partial charge is 0.243 e. The number of aryl methyl sites for hydroxylation is 1. The quantitative estimate of drug-likeness (QED) is 0.834. The lowest BCUT2D eigenvalue weighted by atomic mass is 10.0. The van der Waals surface area contributed by atoms with Crippen molar-refractivity contribution in [3.63, 3.8) is 0 Å². The molecule has 0 aliphatic carbocycles.